The van der Waals surface area contributed by atoms with Crippen LogP contribution in [0, 0.1) is 5.92 Å². The lowest BCUT2D eigenvalue weighted by Crippen LogP contribution is -2.29. The number of anilines is 1. The van der Waals surface area contributed by atoms with Crippen molar-refractivity contribution in [3.05, 3.63) is 28.8 Å². The van der Waals surface area contributed by atoms with Gasteiger partial charge in [-0.05, 0) is 63.5 Å². The second-order valence-electron chi connectivity index (χ2n) is 6.08. The third-order valence-corrected chi connectivity index (χ3v) is 4.35. The van der Waals surface area contributed by atoms with Crippen LogP contribution in [0.4, 0.5) is 5.69 Å². The van der Waals surface area contributed by atoms with Gasteiger partial charge in [-0.1, -0.05) is 11.6 Å². The van der Waals surface area contributed by atoms with Gasteiger partial charge in [-0.3, -0.25) is 4.79 Å². The Labute approximate surface area is 131 Å². The van der Waals surface area contributed by atoms with E-state index in [0.717, 1.165) is 48.5 Å². The summed E-state index contributed by atoms with van der Waals surface area (Å²) in [6.45, 7) is 0.806. The van der Waals surface area contributed by atoms with Crippen LogP contribution < -0.4 is 5.32 Å². The van der Waals surface area contributed by atoms with Crippen LogP contribution in [0.25, 0.3) is 0 Å². The summed E-state index contributed by atoms with van der Waals surface area (Å²) in [6.07, 6.45) is 3.32. The summed E-state index contributed by atoms with van der Waals surface area (Å²) >= 11 is 6.22. The van der Waals surface area contributed by atoms with Gasteiger partial charge in [0.2, 0.25) is 0 Å². The smallest absolute Gasteiger partial charge is 0.306 e. The standard InChI is InChI=1S/C16H23ClN2O2/c1-19(2)10-12-9-14(7-8-15(12)17)18-13-5-3-11(4-6-13)16(20)21/h7-9,11,13,18H,3-6,10H2,1-2H3,(H,20,21). The highest BCUT2D eigenvalue weighted by Gasteiger charge is 2.25. The molecule has 0 atom stereocenters. The molecule has 2 N–H and O–H groups in total. The Morgan fingerprint density at radius 3 is 2.57 bits per heavy atom. The molecule has 1 saturated carbocycles. The first kappa shape index (κ1) is 16.1. The van der Waals surface area contributed by atoms with Gasteiger partial charge in [-0.15, -0.1) is 0 Å². The maximum absolute atomic E-state index is 11.0. The van der Waals surface area contributed by atoms with Gasteiger partial charge in [-0.2, -0.15) is 0 Å². The summed E-state index contributed by atoms with van der Waals surface area (Å²) in [5.74, 6) is -0.828. The van der Waals surface area contributed by atoms with Gasteiger partial charge < -0.3 is 15.3 Å². The van der Waals surface area contributed by atoms with Crippen LogP contribution in [0.2, 0.25) is 5.02 Å². The summed E-state index contributed by atoms with van der Waals surface area (Å²) in [5, 5.41) is 13.3. The van der Waals surface area contributed by atoms with Crippen LogP contribution in [0.5, 0.6) is 0 Å². The number of hydrogen-bond donors (Lipinski definition) is 2. The van der Waals surface area contributed by atoms with E-state index in [1.54, 1.807) is 0 Å². The third kappa shape index (κ3) is 4.61. The van der Waals surface area contributed by atoms with Crippen LogP contribution in [-0.2, 0) is 11.3 Å². The summed E-state index contributed by atoms with van der Waals surface area (Å²) < 4.78 is 0. The lowest BCUT2D eigenvalue weighted by molar-refractivity contribution is -0.142. The second-order valence-corrected chi connectivity index (χ2v) is 6.48. The Kier molecular flexibility index (Phi) is 5.48. The van der Waals surface area contributed by atoms with Crippen LogP contribution in [-0.4, -0.2) is 36.1 Å². The first-order valence-corrected chi connectivity index (χ1v) is 7.76. The average Bonchev–Trinajstić information content (AvgIpc) is 2.42. The van der Waals surface area contributed by atoms with Crippen molar-refractivity contribution in [1.82, 2.24) is 4.90 Å². The molecule has 0 unspecified atom stereocenters. The number of carboxylic acid groups (broad SMARTS) is 1. The van der Waals surface area contributed by atoms with Gasteiger partial charge in [-0.25, -0.2) is 0 Å². The minimum Gasteiger partial charge on any atom is -0.481 e. The van der Waals surface area contributed by atoms with E-state index in [0.29, 0.717) is 6.04 Å². The maximum atomic E-state index is 11.0. The molecule has 0 amide bonds. The van der Waals surface area contributed by atoms with Gasteiger partial charge in [0.15, 0.2) is 0 Å². The van der Waals surface area contributed by atoms with Crippen molar-refractivity contribution in [3.63, 3.8) is 0 Å². The predicted octanol–water partition coefficient (Wildman–Crippen LogP) is 3.46. The lowest BCUT2D eigenvalue weighted by atomic mass is 9.86. The molecule has 0 aromatic heterocycles. The van der Waals surface area contributed by atoms with E-state index in [2.05, 4.69) is 16.3 Å². The van der Waals surface area contributed by atoms with E-state index in [-0.39, 0.29) is 5.92 Å². The molecule has 5 heteroatoms. The van der Waals surface area contributed by atoms with Gasteiger partial charge in [0.1, 0.15) is 0 Å². The molecule has 4 nitrogen and oxygen atoms in total. The summed E-state index contributed by atoms with van der Waals surface area (Å²) in [5.41, 5.74) is 2.17. The zero-order chi connectivity index (χ0) is 15.4. The van der Waals surface area contributed by atoms with Crippen molar-refractivity contribution < 1.29 is 9.90 Å². The number of aliphatic carboxylic acids is 1. The fourth-order valence-corrected chi connectivity index (χ4v) is 3.02. The zero-order valence-electron chi connectivity index (χ0n) is 12.6. The molecule has 0 bridgehead atoms. The molecular weight excluding hydrogens is 288 g/mol. The van der Waals surface area contributed by atoms with Gasteiger partial charge >= 0.3 is 5.97 Å². The Hall–Kier alpha value is -1.26. The lowest BCUT2D eigenvalue weighted by Gasteiger charge is -2.28. The number of nitrogens with zero attached hydrogens (tertiary/aromatic N) is 1. The Morgan fingerprint density at radius 2 is 2.00 bits per heavy atom. The van der Waals surface area contributed by atoms with E-state index in [9.17, 15) is 4.79 Å². The predicted molar refractivity (Wildman–Crippen MR) is 85.8 cm³/mol. The first-order chi connectivity index (χ1) is 9.95. The molecule has 2 rings (SSSR count). The van der Waals surface area contributed by atoms with Crippen molar-refractivity contribution in [3.8, 4) is 0 Å². The first-order valence-electron chi connectivity index (χ1n) is 7.38. The normalized spacial score (nSPS) is 22.3. The number of hydrogen-bond acceptors (Lipinski definition) is 3. The van der Waals surface area contributed by atoms with Gasteiger partial charge in [0.05, 0.1) is 5.92 Å². The van der Waals surface area contributed by atoms with Crippen molar-refractivity contribution in [2.45, 2.75) is 38.3 Å². The minimum absolute atomic E-state index is 0.169. The molecule has 0 spiro atoms. The molecule has 0 aliphatic heterocycles. The highest BCUT2D eigenvalue weighted by molar-refractivity contribution is 6.31. The van der Waals surface area contributed by atoms with Crippen molar-refractivity contribution in [2.24, 2.45) is 5.92 Å². The van der Waals surface area contributed by atoms with Crippen molar-refractivity contribution in [1.29, 1.82) is 0 Å². The van der Waals surface area contributed by atoms with E-state index in [1.165, 1.54) is 0 Å². The molecular formula is C16H23ClN2O2. The fraction of sp³-hybridized carbons (Fsp3) is 0.562. The number of halogens is 1. The topological polar surface area (TPSA) is 52.6 Å². The van der Waals surface area contributed by atoms with Crippen LogP contribution in [0.1, 0.15) is 31.2 Å². The molecule has 21 heavy (non-hydrogen) atoms. The molecule has 0 saturated heterocycles. The number of nitrogens with one attached hydrogen (secondary N) is 1. The monoisotopic (exact) mass is 310 g/mol. The van der Waals surface area contributed by atoms with Gasteiger partial charge in [0, 0.05) is 23.3 Å². The highest BCUT2D eigenvalue weighted by atomic mass is 35.5. The molecule has 1 aromatic rings. The van der Waals surface area contributed by atoms with E-state index in [4.69, 9.17) is 16.7 Å². The largest absolute Gasteiger partial charge is 0.481 e. The second kappa shape index (κ2) is 7.14. The summed E-state index contributed by atoms with van der Waals surface area (Å²) in [7, 11) is 4.03. The number of carboxylic acids is 1. The zero-order valence-corrected chi connectivity index (χ0v) is 13.4. The number of rotatable bonds is 5. The highest BCUT2D eigenvalue weighted by Crippen LogP contribution is 2.28. The minimum atomic E-state index is -0.659. The van der Waals surface area contributed by atoms with E-state index >= 15 is 0 Å². The maximum Gasteiger partial charge on any atom is 0.306 e. The quantitative estimate of drug-likeness (QED) is 0.874. The molecule has 1 fully saturated rings. The van der Waals surface area contributed by atoms with Crippen molar-refractivity contribution >= 4 is 23.3 Å². The molecule has 116 valence electrons. The van der Waals surface area contributed by atoms with Gasteiger partial charge in [0.25, 0.3) is 0 Å². The Balaban J connectivity index is 1.96. The Bertz CT molecular complexity index is 497. The number of benzene rings is 1. The molecule has 0 radical (unpaired) electrons. The SMILES string of the molecule is CN(C)Cc1cc(NC2CCC(C(=O)O)CC2)ccc1Cl. The van der Waals surface area contributed by atoms with Crippen LogP contribution in [0.3, 0.4) is 0 Å². The molecule has 1 aliphatic carbocycles. The van der Waals surface area contributed by atoms with E-state index < -0.39 is 5.97 Å². The average molecular weight is 311 g/mol. The molecule has 1 aromatic carbocycles. The summed E-state index contributed by atoms with van der Waals surface area (Å²) in [6, 6.07) is 6.36. The van der Waals surface area contributed by atoms with Crippen molar-refractivity contribution in [2.75, 3.05) is 19.4 Å². The fourth-order valence-electron chi connectivity index (χ4n) is 2.85. The van der Waals surface area contributed by atoms with Crippen LogP contribution in [0.15, 0.2) is 18.2 Å². The van der Waals surface area contributed by atoms with Crippen LogP contribution >= 0.6 is 11.6 Å². The molecule has 0 heterocycles. The van der Waals surface area contributed by atoms with E-state index in [1.807, 2.05) is 26.2 Å². The third-order valence-electron chi connectivity index (χ3n) is 3.98. The molecule has 1 aliphatic rings. The summed E-state index contributed by atoms with van der Waals surface area (Å²) in [4.78, 5) is 13.1. The number of carbonyl (C=O) groups is 1. The Morgan fingerprint density at radius 1 is 1.33 bits per heavy atom.